The van der Waals surface area contributed by atoms with E-state index in [0.29, 0.717) is 0 Å². The van der Waals surface area contributed by atoms with Crippen molar-refractivity contribution in [3.8, 4) is 12.3 Å². The maximum absolute atomic E-state index is 5.25. The van der Waals surface area contributed by atoms with Crippen molar-refractivity contribution in [1.29, 1.82) is 0 Å². The molecule has 0 aliphatic carbocycles. The number of halogens is 1. The van der Waals surface area contributed by atoms with E-state index >= 15 is 0 Å². The number of hydrogen-bond donors (Lipinski definition) is 0. The van der Waals surface area contributed by atoms with Gasteiger partial charge in [0, 0.05) is 0 Å². The Morgan fingerprint density at radius 1 is 1.64 bits per heavy atom. The normalized spacial score (nSPS) is 12.1. The number of terminal acetylenes is 1. The summed E-state index contributed by atoms with van der Waals surface area (Å²) < 4.78 is 0.831. The summed E-state index contributed by atoms with van der Waals surface area (Å²) in [6.45, 7) is 1.95. The molecule has 0 fully saturated rings. The van der Waals surface area contributed by atoms with Crippen molar-refractivity contribution in [2.24, 2.45) is 0 Å². The molecule has 1 atom stereocenters. The van der Waals surface area contributed by atoms with E-state index in [9.17, 15) is 0 Å². The molecule has 0 saturated heterocycles. The lowest BCUT2D eigenvalue weighted by Gasteiger charge is -2.01. The molecule has 0 N–H and O–H groups in total. The lowest BCUT2D eigenvalue weighted by molar-refractivity contribution is 0.929. The SMILES string of the molecule is C#CC(C)c1cccc(Br)n1. The van der Waals surface area contributed by atoms with E-state index in [4.69, 9.17) is 6.42 Å². The summed E-state index contributed by atoms with van der Waals surface area (Å²) in [5.74, 6) is 2.72. The molecule has 2 heteroatoms. The molecule has 0 aliphatic heterocycles. The number of hydrogen-bond acceptors (Lipinski definition) is 1. The van der Waals surface area contributed by atoms with Gasteiger partial charge in [0.25, 0.3) is 0 Å². The third kappa shape index (κ3) is 2.06. The Kier molecular flexibility index (Phi) is 2.67. The maximum Gasteiger partial charge on any atom is 0.106 e. The van der Waals surface area contributed by atoms with E-state index in [2.05, 4.69) is 26.8 Å². The van der Waals surface area contributed by atoms with Crippen LogP contribution in [0.5, 0.6) is 0 Å². The van der Waals surface area contributed by atoms with Crippen LogP contribution in [0.4, 0.5) is 0 Å². The Hall–Kier alpha value is -0.810. The smallest absolute Gasteiger partial charge is 0.106 e. The summed E-state index contributed by atoms with van der Waals surface area (Å²) in [4.78, 5) is 4.22. The Morgan fingerprint density at radius 2 is 2.36 bits per heavy atom. The molecule has 0 saturated carbocycles. The highest BCUT2D eigenvalue weighted by Gasteiger charge is 2.01. The summed E-state index contributed by atoms with van der Waals surface area (Å²) >= 11 is 3.28. The second-order valence-electron chi connectivity index (χ2n) is 2.27. The summed E-state index contributed by atoms with van der Waals surface area (Å²) in [7, 11) is 0. The second-order valence-corrected chi connectivity index (χ2v) is 3.09. The van der Waals surface area contributed by atoms with Gasteiger partial charge < -0.3 is 0 Å². The van der Waals surface area contributed by atoms with Crippen LogP contribution in [0, 0.1) is 12.3 Å². The van der Waals surface area contributed by atoms with E-state index in [1.807, 2.05) is 25.1 Å². The summed E-state index contributed by atoms with van der Waals surface area (Å²) in [6.07, 6.45) is 5.25. The molecular formula is C9H8BrN. The van der Waals surface area contributed by atoms with Crippen molar-refractivity contribution in [3.05, 3.63) is 28.5 Å². The van der Waals surface area contributed by atoms with Gasteiger partial charge in [-0.15, -0.1) is 6.42 Å². The molecule has 1 nitrogen and oxygen atoms in total. The minimum absolute atomic E-state index is 0.0903. The Bertz CT molecular complexity index is 288. The molecular weight excluding hydrogens is 202 g/mol. The lowest BCUT2D eigenvalue weighted by atomic mass is 10.1. The van der Waals surface area contributed by atoms with E-state index in [0.717, 1.165) is 10.3 Å². The van der Waals surface area contributed by atoms with Crippen LogP contribution in [0.3, 0.4) is 0 Å². The highest BCUT2D eigenvalue weighted by Crippen LogP contribution is 2.13. The zero-order chi connectivity index (χ0) is 8.27. The van der Waals surface area contributed by atoms with Crippen molar-refractivity contribution in [1.82, 2.24) is 4.98 Å². The fourth-order valence-corrected chi connectivity index (χ4v) is 1.11. The van der Waals surface area contributed by atoms with E-state index in [1.54, 1.807) is 0 Å². The second kappa shape index (κ2) is 3.54. The minimum atomic E-state index is 0.0903. The maximum atomic E-state index is 5.25. The predicted molar refractivity (Wildman–Crippen MR) is 49.2 cm³/mol. The molecule has 0 aromatic carbocycles. The number of rotatable bonds is 1. The van der Waals surface area contributed by atoms with Gasteiger partial charge in [0.2, 0.25) is 0 Å². The number of aromatic nitrogens is 1. The van der Waals surface area contributed by atoms with Crippen molar-refractivity contribution >= 4 is 15.9 Å². The van der Waals surface area contributed by atoms with Crippen LogP contribution >= 0.6 is 15.9 Å². The predicted octanol–water partition coefficient (Wildman–Crippen LogP) is 2.58. The molecule has 1 unspecified atom stereocenters. The van der Waals surface area contributed by atoms with Gasteiger partial charge in [-0.1, -0.05) is 12.0 Å². The van der Waals surface area contributed by atoms with Crippen molar-refractivity contribution in [2.75, 3.05) is 0 Å². The first-order chi connectivity index (χ1) is 5.24. The van der Waals surface area contributed by atoms with Crippen LogP contribution in [0.25, 0.3) is 0 Å². The standard InChI is InChI=1S/C9H8BrN/c1-3-7(2)8-5-4-6-9(10)11-8/h1,4-7H,2H3. The van der Waals surface area contributed by atoms with Crippen LogP contribution in [0.2, 0.25) is 0 Å². The molecule has 56 valence electrons. The molecule has 0 aliphatic rings. The summed E-state index contributed by atoms with van der Waals surface area (Å²) in [6, 6.07) is 5.74. The molecule has 0 spiro atoms. The molecule has 1 aromatic heterocycles. The average Bonchev–Trinajstić information content (AvgIpc) is 2.03. The molecule has 0 radical (unpaired) electrons. The van der Waals surface area contributed by atoms with Gasteiger partial charge in [-0.25, -0.2) is 4.98 Å². The Labute approximate surface area is 75.0 Å². The van der Waals surface area contributed by atoms with Gasteiger partial charge in [-0.3, -0.25) is 0 Å². The van der Waals surface area contributed by atoms with Crippen LogP contribution < -0.4 is 0 Å². The van der Waals surface area contributed by atoms with Gasteiger partial charge in [-0.2, -0.15) is 0 Å². The van der Waals surface area contributed by atoms with Gasteiger partial charge in [-0.05, 0) is 35.0 Å². The van der Waals surface area contributed by atoms with Crippen LogP contribution in [-0.2, 0) is 0 Å². The van der Waals surface area contributed by atoms with Gasteiger partial charge >= 0.3 is 0 Å². The van der Waals surface area contributed by atoms with Crippen molar-refractivity contribution in [3.63, 3.8) is 0 Å². The Balaban J connectivity index is 2.98. The van der Waals surface area contributed by atoms with Gasteiger partial charge in [0.15, 0.2) is 0 Å². The molecule has 1 heterocycles. The zero-order valence-electron chi connectivity index (χ0n) is 6.21. The van der Waals surface area contributed by atoms with Crippen LogP contribution in [0.1, 0.15) is 18.5 Å². The fourth-order valence-electron chi connectivity index (χ4n) is 0.751. The van der Waals surface area contributed by atoms with Gasteiger partial charge in [0.1, 0.15) is 4.60 Å². The fraction of sp³-hybridized carbons (Fsp3) is 0.222. The monoisotopic (exact) mass is 209 g/mol. The molecule has 1 aromatic rings. The van der Waals surface area contributed by atoms with E-state index in [-0.39, 0.29) is 5.92 Å². The van der Waals surface area contributed by atoms with Crippen molar-refractivity contribution < 1.29 is 0 Å². The average molecular weight is 210 g/mol. The summed E-state index contributed by atoms with van der Waals surface area (Å²) in [5.41, 5.74) is 0.932. The van der Waals surface area contributed by atoms with E-state index < -0.39 is 0 Å². The highest BCUT2D eigenvalue weighted by molar-refractivity contribution is 9.10. The minimum Gasteiger partial charge on any atom is -0.245 e. The van der Waals surface area contributed by atoms with Crippen LogP contribution in [0.15, 0.2) is 22.8 Å². The summed E-state index contributed by atoms with van der Waals surface area (Å²) in [5, 5.41) is 0. The van der Waals surface area contributed by atoms with Crippen LogP contribution in [-0.4, -0.2) is 4.98 Å². The Morgan fingerprint density at radius 3 is 2.91 bits per heavy atom. The lowest BCUT2D eigenvalue weighted by Crippen LogP contribution is -1.92. The molecule has 0 bridgehead atoms. The largest absolute Gasteiger partial charge is 0.245 e. The zero-order valence-corrected chi connectivity index (χ0v) is 7.80. The number of nitrogens with zero attached hydrogens (tertiary/aromatic N) is 1. The first kappa shape index (κ1) is 8.29. The van der Waals surface area contributed by atoms with Gasteiger partial charge in [0.05, 0.1) is 11.6 Å². The molecule has 11 heavy (non-hydrogen) atoms. The van der Waals surface area contributed by atoms with E-state index in [1.165, 1.54) is 0 Å². The third-order valence-corrected chi connectivity index (χ3v) is 1.87. The quantitative estimate of drug-likeness (QED) is 0.512. The highest BCUT2D eigenvalue weighted by atomic mass is 79.9. The first-order valence-electron chi connectivity index (χ1n) is 3.32. The topological polar surface area (TPSA) is 12.9 Å². The molecule has 0 amide bonds. The van der Waals surface area contributed by atoms with Crippen molar-refractivity contribution in [2.45, 2.75) is 12.8 Å². The molecule has 1 rings (SSSR count). The first-order valence-corrected chi connectivity index (χ1v) is 4.12. The number of pyridine rings is 1. The third-order valence-electron chi connectivity index (χ3n) is 1.43.